The fraction of sp³-hybridized carbons (Fsp3) is 0.148. The first-order valence-electron chi connectivity index (χ1n) is 11.1. The Bertz CT molecular complexity index is 1550. The van der Waals surface area contributed by atoms with Gasteiger partial charge in [0.25, 0.3) is 5.91 Å². The van der Waals surface area contributed by atoms with Gasteiger partial charge in [0.15, 0.2) is 16.9 Å². The molecule has 2 aromatic heterocycles. The second-order valence-electron chi connectivity index (χ2n) is 7.97. The lowest BCUT2D eigenvalue weighted by Crippen LogP contribution is -2.30. The SMILES string of the molecule is C=CCOc1ccc(C2c3c(oc4ccc(Cl)cc4c3=O)C(=O)N2c2ccc(Cl)cn2)cc1OCC. The maximum Gasteiger partial charge on any atom is 0.296 e. The molecule has 1 amide bonds. The zero-order valence-electron chi connectivity index (χ0n) is 19.2. The molecule has 1 atom stereocenters. The molecule has 2 aromatic carbocycles. The number of anilines is 1. The van der Waals surface area contributed by atoms with Crippen molar-refractivity contribution in [3.63, 3.8) is 0 Å². The van der Waals surface area contributed by atoms with Crippen LogP contribution in [0.1, 0.15) is 34.6 Å². The summed E-state index contributed by atoms with van der Waals surface area (Å²) in [6.07, 6.45) is 3.07. The molecule has 0 saturated carbocycles. The first kappa shape index (κ1) is 23.9. The van der Waals surface area contributed by atoms with Gasteiger partial charge in [-0.2, -0.15) is 0 Å². The van der Waals surface area contributed by atoms with E-state index in [1.807, 2.05) is 6.92 Å². The van der Waals surface area contributed by atoms with Crippen LogP contribution >= 0.6 is 23.2 Å². The molecule has 0 spiro atoms. The third-order valence-corrected chi connectivity index (χ3v) is 6.19. The number of hydrogen-bond acceptors (Lipinski definition) is 6. The van der Waals surface area contributed by atoms with E-state index in [0.29, 0.717) is 46.1 Å². The number of aromatic nitrogens is 1. The number of rotatable bonds is 7. The fourth-order valence-electron chi connectivity index (χ4n) is 4.24. The van der Waals surface area contributed by atoms with Crippen LogP contribution in [0.4, 0.5) is 5.82 Å². The molecule has 0 aliphatic carbocycles. The Balaban J connectivity index is 1.75. The molecule has 0 saturated heterocycles. The maximum atomic E-state index is 13.7. The summed E-state index contributed by atoms with van der Waals surface area (Å²) in [6, 6.07) is 12.4. The number of amides is 1. The maximum absolute atomic E-state index is 13.7. The van der Waals surface area contributed by atoms with Gasteiger partial charge in [-0.1, -0.05) is 41.9 Å². The van der Waals surface area contributed by atoms with Crippen molar-refractivity contribution in [1.82, 2.24) is 4.98 Å². The highest BCUT2D eigenvalue weighted by Gasteiger charge is 2.44. The summed E-state index contributed by atoms with van der Waals surface area (Å²) in [7, 11) is 0. The van der Waals surface area contributed by atoms with Gasteiger partial charge in [0.2, 0.25) is 5.76 Å². The monoisotopic (exact) mass is 522 g/mol. The number of fused-ring (bicyclic) bond motifs is 2. The van der Waals surface area contributed by atoms with Gasteiger partial charge in [0.05, 0.1) is 28.6 Å². The van der Waals surface area contributed by atoms with Crippen LogP contribution in [0.25, 0.3) is 11.0 Å². The quantitative estimate of drug-likeness (QED) is 0.268. The predicted molar refractivity (Wildman–Crippen MR) is 139 cm³/mol. The average Bonchev–Trinajstić information content (AvgIpc) is 3.17. The molecule has 0 fully saturated rings. The van der Waals surface area contributed by atoms with E-state index >= 15 is 0 Å². The van der Waals surface area contributed by atoms with Crippen molar-refractivity contribution in [2.45, 2.75) is 13.0 Å². The van der Waals surface area contributed by atoms with Crippen LogP contribution in [0.2, 0.25) is 10.0 Å². The van der Waals surface area contributed by atoms with Crippen LogP contribution in [0.15, 0.2) is 76.6 Å². The number of halogens is 2. The third-order valence-electron chi connectivity index (χ3n) is 5.73. The molecule has 0 N–H and O–H groups in total. The highest BCUT2D eigenvalue weighted by atomic mass is 35.5. The second-order valence-corrected chi connectivity index (χ2v) is 8.84. The summed E-state index contributed by atoms with van der Waals surface area (Å²) in [5.41, 5.74) is 0.716. The van der Waals surface area contributed by atoms with Gasteiger partial charge in [-0.3, -0.25) is 14.5 Å². The number of nitrogens with zero attached hydrogens (tertiary/aromatic N) is 2. The zero-order valence-corrected chi connectivity index (χ0v) is 20.7. The smallest absolute Gasteiger partial charge is 0.296 e. The lowest BCUT2D eigenvalue weighted by Gasteiger charge is -2.25. The van der Waals surface area contributed by atoms with Crippen LogP contribution in [0, 0.1) is 0 Å². The number of carbonyl (C=O) groups is 1. The first-order chi connectivity index (χ1) is 17.4. The standard InChI is InChI=1S/C27H20Cl2N2O5/c1-3-11-35-20-8-5-15(12-21(20)34-4-2)24-23-25(32)18-13-16(28)6-9-19(18)36-26(23)27(33)31(24)22-10-7-17(29)14-30-22/h3,5-10,12-14,24H,1,4,11H2,2H3. The Morgan fingerprint density at radius 1 is 1.06 bits per heavy atom. The van der Waals surface area contributed by atoms with Gasteiger partial charge in [0.1, 0.15) is 18.0 Å². The van der Waals surface area contributed by atoms with Gasteiger partial charge in [0, 0.05) is 11.2 Å². The van der Waals surface area contributed by atoms with Crippen molar-refractivity contribution in [1.29, 1.82) is 0 Å². The molecule has 1 unspecified atom stereocenters. The molecule has 1 aliphatic rings. The van der Waals surface area contributed by atoms with E-state index in [2.05, 4.69) is 11.6 Å². The van der Waals surface area contributed by atoms with Gasteiger partial charge in [-0.05, 0) is 55.0 Å². The van der Waals surface area contributed by atoms with E-state index in [9.17, 15) is 9.59 Å². The molecule has 7 nitrogen and oxygen atoms in total. The van der Waals surface area contributed by atoms with Crippen molar-refractivity contribution < 1.29 is 18.7 Å². The first-order valence-corrected chi connectivity index (χ1v) is 11.9. The van der Waals surface area contributed by atoms with Gasteiger partial charge in [-0.15, -0.1) is 0 Å². The average molecular weight is 523 g/mol. The lowest BCUT2D eigenvalue weighted by atomic mass is 9.98. The third kappa shape index (κ3) is 4.10. The Hall–Kier alpha value is -3.81. The molecule has 5 rings (SSSR count). The topological polar surface area (TPSA) is 81.9 Å². The number of pyridine rings is 1. The summed E-state index contributed by atoms with van der Waals surface area (Å²) in [5, 5.41) is 1.08. The van der Waals surface area contributed by atoms with Crippen LogP contribution in [0.3, 0.4) is 0 Å². The van der Waals surface area contributed by atoms with E-state index in [1.165, 1.54) is 17.2 Å². The molecule has 36 heavy (non-hydrogen) atoms. The minimum absolute atomic E-state index is 0.0542. The second kappa shape index (κ2) is 9.68. The van der Waals surface area contributed by atoms with Crippen LogP contribution in [-0.2, 0) is 0 Å². The Kier molecular flexibility index (Phi) is 6.43. The summed E-state index contributed by atoms with van der Waals surface area (Å²) in [5.74, 6) is 0.742. The number of benzene rings is 2. The van der Waals surface area contributed by atoms with Crippen molar-refractivity contribution in [2.24, 2.45) is 0 Å². The Labute approximate surface area is 216 Å². The summed E-state index contributed by atoms with van der Waals surface area (Å²) < 4.78 is 17.5. The Morgan fingerprint density at radius 2 is 1.86 bits per heavy atom. The molecule has 4 aromatic rings. The fourth-order valence-corrected chi connectivity index (χ4v) is 4.52. The van der Waals surface area contributed by atoms with E-state index in [4.69, 9.17) is 37.1 Å². The van der Waals surface area contributed by atoms with Crippen molar-refractivity contribution in [3.05, 3.63) is 105 Å². The van der Waals surface area contributed by atoms with Gasteiger partial charge < -0.3 is 13.9 Å². The molecular weight excluding hydrogens is 503 g/mol. The Morgan fingerprint density at radius 3 is 2.58 bits per heavy atom. The summed E-state index contributed by atoms with van der Waals surface area (Å²) >= 11 is 12.2. The van der Waals surface area contributed by atoms with Crippen molar-refractivity contribution >= 4 is 45.9 Å². The minimum atomic E-state index is -0.839. The van der Waals surface area contributed by atoms with Gasteiger partial charge >= 0.3 is 0 Å². The summed E-state index contributed by atoms with van der Waals surface area (Å²) in [6.45, 7) is 6.21. The highest BCUT2D eigenvalue weighted by molar-refractivity contribution is 6.31. The summed E-state index contributed by atoms with van der Waals surface area (Å²) in [4.78, 5) is 33.2. The number of carbonyl (C=O) groups excluding carboxylic acids is 1. The van der Waals surface area contributed by atoms with Crippen LogP contribution in [0.5, 0.6) is 11.5 Å². The zero-order chi connectivity index (χ0) is 25.4. The minimum Gasteiger partial charge on any atom is -0.490 e. The number of ether oxygens (including phenoxy) is 2. The van der Waals surface area contributed by atoms with Crippen molar-refractivity contribution in [2.75, 3.05) is 18.1 Å². The molecule has 182 valence electrons. The van der Waals surface area contributed by atoms with Crippen LogP contribution < -0.4 is 19.8 Å². The molecule has 9 heteroatoms. The van der Waals surface area contributed by atoms with E-state index < -0.39 is 11.9 Å². The van der Waals surface area contributed by atoms with Gasteiger partial charge in [-0.25, -0.2) is 4.98 Å². The van der Waals surface area contributed by atoms with E-state index in [1.54, 1.807) is 48.5 Å². The van der Waals surface area contributed by atoms with Crippen LogP contribution in [-0.4, -0.2) is 24.1 Å². The lowest BCUT2D eigenvalue weighted by molar-refractivity contribution is 0.0970. The largest absolute Gasteiger partial charge is 0.490 e. The number of hydrogen-bond donors (Lipinski definition) is 0. The van der Waals surface area contributed by atoms with E-state index in [0.717, 1.165) is 0 Å². The molecule has 0 bridgehead atoms. The molecule has 0 radical (unpaired) electrons. The van der Waals surface area contributed by atoms with Crippen molar-refractivity contribution in [3.8, 4) is 11.5 Å². The molecule has 3 heterocycles. The normalized spacial score (nSPS) is 14.7. The predicted octanol–water partition coefficient (Wildman–Crippen LogP) is 6.21. The molecule has 1 aliphatic heterocycles. The van der Waals surface area contributed by atoms with E-state index in [-0.39, 0.29) is 27.7 Å². The molecular formula is C27H20Cl2N2O5. The highest BCUT2D eigenvalue weighted by Crippen LogP contribution is 2.43.